The van der Waals surface area contributed by atoms with Crippen molar-refractivity contribution in [3.63, 3.8) is 0 Å². The van der Waals surface area contributed by atoms with Crippen LogP contribution in [0.5, 0.6) is 0 Å². The van der Waals surface area contributed by atoms with Gasteiger partial charge in [0.25, 0.3) is 0 Å². The maximum absolute atomic E-state index is 4.83. The molecule has 3 aromatic rings. The van der Waals surface area contributed by atoms with Crippen molar-refractivity contribution in [2.75, 3.05) is 36.0 Å². The van der Waals surface area contributed by atoms with Crippen LogP contribution >= 0.6 is 0 Å². The van der Waals surface area contributed by atoms with E-state index in [-0.39, 0.29) is 0 Å². The van der Waals surface area contributed by atoms with Gasteiger partial charge in [0.1, 0.15) is 23.8 Å². The van der Waals surface area contributed by atoms with Crippen LogP contribution in [-0.4, -0.2) is 51.1 Å². The molecular formula is C19H21N7. The number of anilines is 2. The van der Waals surface area contributed by atoms with Crippen LogP contribution in [0.4, 0.5) is 11.6 Å². The van der Waals surface area contributed by atoms with Gasteiger partial charge in [-0.15, -0.1) is 0 Å². The zero-order chi connectivity index (χ0) is 17.5. The lowest BCUT2D eigenvalue weighted by atomic mass is 10.2. The van der Waals surface area contributed by atoms with E-state index in [1.807, 2.05) is 12.1 Å². The average Bonchev–Trinajstić information content (AvgIpc) is 3.53. The Morgan fingerprint density at radius 2 is 1.77 bits per heavy atom. The highest BCUT2D eigenvalue weighted by Gasteiger charge is 2.28. The molecule has 0 atom stereocenters. The molecule has 3 aromatic heterocycles. The summed E-state index contributed by atoms with van der Waals surface area (Å²) in [5, 5.41) is 1.01. The Balaban J connectivity index is 1.36. The lowest BCUT2D eigenvalue weighted by molar-refractivity contribution is 0.639. The highest BCUT2D eigenvalue weighted by Crippen LogP contribution is 2.38. The molecule has 26 heavy (non-hydrogen) atoms. The molecule has 0 bridgehead atoms. The fraction of sp³-hybridized carbons (Fsp3) is 0.421. The second-order valence-corrected chi connectivity index (χ2v) is 7.05. The van der Waals surface area contributed by atoms with E-state index in [4.69, 9.17) is 4.98 Å². The van der Waals surface area contributed by atoms with E-state index in [0.717, 1.165) is 60.4 Å². The minimum Gasteiger partial charge on any atom is -0.353 e. The van der Waals surface area contributed by atoms with E-state index in [2.05, 4.69) is 42.7 Å². The first-order valence-electron chi connectivity index (χ1n) is 9.19. The Morgan fingerprint density at radius 1 is 0.962 bits per heavy atom. The molecule has 2 aliphatic rings. The molecule has 0 amide bonds. The number of fused-ring (bicyclic) bond motifs is 1. The van der Waals surface area contributed by atoms with E-state index < -0.39 is 0 Å². The lowest BCUT2D eigenvalue weighted by Crippen LogP contribution is -2.47. The second kappa shape index (κ2) is 6.16. The summed E-state index contributed by atoms with van der Waals surface area (Å²) in [5.74, 6) is 3.64. The molecule has 1 aliphatic heterocycles. The Kier molecular flexibility index (Phi) is 3.65. The molecule has 5 rings (SSSR count). The Hall–Kier alpha value is -2.83. The molecule has 1 aliphatic carbocycles. The van der Waals surface area contributed by atoms with Gasteiger partial charge >= 0.3 is 0 Å². The monoisotopic (exact) mass is 347 g/mol. The number of hydrogen-bond donors (Lipinski definition) is 0. The molecule has 1 saturated heterocycles. The van der Waals surface area contributed by atoms with E-state index >= 15 is 0 Å². The van der Waals surface area contributed by atoms with Gasteiger partial charge in [0, 0.05) is 50.1 Å². The first-order valence-corrected chi connectivity index (χ1v) is 9.19. The van der Waals surface area contributed by atoms with Crippen molar-refractivity contribution < 1.29 is 0 Å². The topological polar surface area (TPSA) is 70.9 Å². The number of hydrogen-bond acceptors (Lipinski definition) is 7. The van der Waals surface area contributed by atoms with E-state index in [1.165, 1.54) is 12.8 Å². The highest BCUT2D eigenvalue weighted by atomic mass is 15.3. The number of pyridine rings is 1. The molecule has 1 saturated carbocycles. The molecule has 7 heteroatoms. The quantitative estimate of drug-likeness (QED) is 0.720. The van der Waals surface area contributed by atoms with Crippen molar-refractivity contribution >= 4 is 22.7 Å². The van der Waals surface area contributed by atoms with E-state index in [9.17, 15) is 0 Å². The molecule has 0 aromatic carbocycles. The molecule has 0 spiro atoms. The van der Waals surface area contributed by atoms with Crippen molar-refractivity contribution in [1.29, 1.82) is 0 Å². The summed E-state index contributed by atoms with van der Waals surface area (Å²) < 4.78 is 0. The number of nitrogens with zero attached hydrogens (tertiary/aromatic N) is 7. The predicted molar refractivity (Wildman–Crippen MR) is 101 cm³/mol. The number of aryl methyl sites for hydroxylation is 1. The zero-order valence-electron chi connectivity index (χ0n) is 14.8. The Labute approximate surface area is 152 Å². The van der Waals surface area contributed by atoms with Crippen LogP contribution < -0.4 is 9.80 Å². The third kappa shape index (κ3) is 2.83. The highest BCUT2D eigenvalue weighted by molar-refractivity contribution is 5.86. The van der Waals surface area contributed by atoms with Gasteiger partial charge in [0.2, 0.25) is 0 Å². The molecule has 4 heterocycles. The summed E-state index contributed by atoms with van der Waals surface area (Å²) in [5.41, 5.74) is 1.81. The summed E-state index contributed by atoms with van der Waals surface area (Å²) in [4.78, 5) is 27.2. The zero-order valence-corrected chi connectivity index (χ0v) is 14.8. The van der Waals surface area contributed by atoms with Crippen LogP contribution in [0.2, 0.25) is 0 Å². The van der Waals surface area contributed by atoms with Crippen LogP contribution in [0.3, 0.4) is 0 Å². The maximum Gasteiger partial charge on any atom is 0.164 e. The first kappa shape index (κ1) is 15.4. The van der Waals surface area contributed by atoms with Crippen molar-refractivity contribution in [3.05, 3.63) is 42.2 Å². The van der Waals surface area contributed by atoms with E-state index in [1.54, 1.807) is 12.5 Å². The first-order chi connectivity index (χ1) is 12.8. The Morgan fingerprint density at radius 3 is 2.58 bits per heavy atom. The van der Waals surface area contributed by atoms with Crippen LogP contribution in [0, 0.1) is 6.92 Å². The largest absolute Gasteiger partial charge is 0.353 e. The molecular weight excluding hydrogens is 326 g/mol. The van der Waals surface area contributed by atoms with Gasteiger partial charge in [-0.3, -0.25) is 0 Å². The molecule has 132 valence electrons. The summed E-state index contributed by atoms with van der Waals surface area (Å²) >= 11 is 0. The second-order valence-electron chi connectivity index (χ2n) is 7.05. The number of piperazine rings is 1. The Bertz CT molecular complexity index is 940. The summed E-state index contributed by atoms with van der Waals surface area (Å²) in [7, 11) is 0. The average molecular weight is 347 g/mol. The smallest absolute Gasteiger partial charge is 0.164 e. The van der Waals surface area contributed by atoms with Gasteiger partial charge in [-0.05, 0) is 31.9 Å². The van der Waals surface area contributed by atoms with E-state index in [0.29, 0.717) is 5.92 Å². The summed E-state index contributed by atoms with van der Waals surface area (Å²) in [6, 6.07) is 6.08. The van der Waals surface area contributed by atoms with Crippen LogP contribution in [-0.2, 0) is 0 Å². The molecule has 2 fully saturated rings. The van der Waals surface area contributed by atoms with Gasteiger partial charge in [-0.2, -0.15) is 0 Å². The lowest BCUT2D eigenvalue weighted by Gasteiger charge is -2.36. The van der Waals surface area contributed by atoms with Gasteiger partial charge in [0.05, 0.1) is 5.39 Å². The summed E-state index contributed by atoms with van der Waals surface area (Å²) in [6.45, 7) is 5.72. The molecule has 0 unspecified atom stereocenters. The molecule has 0 N–H and O–H groups in total. The van der Waals surface area contributed by atoms with Gasteiger partial charge in [-0.25, -0.2) is 24.9 Å². The summed E-state index contributed by atoms with van der Waals surface area (Å²) in [6.07, 6.45) is 5.83. The minimum atomic E-state index is 0.579. The third-order valence-corrected chi connectivity index (χ3v) is 5.09. The normalized spacial score (nSPS) is 17.7. The number of aromatic nitrogens is 5. The minimum absolute atomic E-state index is 0.579. The van der Waals surface area contributed by atoms with Crippen LogP contribution in [0.1, 0.15) is 30.3 Å². The maximum atomic E-state index is 4.83. The van der Waals surface area contributed by atoms with Crippen LogP contribution in [0.25, 0.3) is 11.0 Å². The van der Waals surface area contributed by atoms with Crippen LogP contribution in [0.15, 0.2) is 30.7 Å². The fourth-order valence-electron chi connectivity index (χ4n) is 3.54. The van der Waals surface area contributed by atoms with Gasteiger partial charge in [-0.1, -0.05) is 0 Å². The van der Waals surface area contributed by atoms with Gasteiger partial charge in [0.15, 0.2) is 5.65 Å². The fourth-order valence-corrected chi connectivity index (χ4v) is 3.54. The SMILES string of the molecule is Cc1cc(N2CCN(c3ncnc4ncccc34)CC2)nc(C2CC2)n1. The third-order valence-electron chi connectivity index (χ3n) is 5.09. The van der Waals surface area contributed by atoms with Crippen molar-refractivity contribution in [3.8, 4) is 0 Å². The number of rotatable bonds is 3. The van der Waals surface area contributed by atoms with Crippen molar-refractivity contribution in [1.82, 2.24) is 24.9 Å². The van der Waals surface area contributed by atoms with Crippen molar-refractivity contribution in [2.24, 2.45) is 0 Å². The molecule has 0 radical (unpaired) electrons. The van der Waals surface area contributed by atoms with Gasteiger partial charge < -0.3 is 9.80 Å². The predicted octanol–water partition coefficient (Wildman–Crippen LogP) is 2.33. The standard InChI is InChI=1S/C19H21N7/c1-13-11-16(24-17(23-13)14-4-5-14)25-7-9-26(10-8-25)19-15-3-2-6-20-18(15)21-12-22-19/h2-3,6,11-12,14H,4-5,7-10H2,1H3. The van der Waals surface area contributed by atoms with Crippen molar-refractivity contribution in [2.45, 2.75) is 25.7 Å². The molecule has 7 nitrogen and oxygen atoms in total.